The Morgan fingerprint density at radius 1 is 1.69 bits per heavy atom. The van der Waals surface area contributed by atoms with Crippen LogP contribution in [0.3, 0.4) is 0 Å². The van der Waals surface area contributed by atoms with Crippen molar-refractivity contribution in [3.8, 4) is 6.07 Å². The lowest BCUT2D eigenvalue weighted by atomic mass is 10.3. The number of nitriles is 1. The van der Waals surface area contributed by atoms with Gasteiger partial charge < -0.3 is 0 Å². The topological polar surface area (TPSA) is 49.6 Å². The summed E-state index contributed by atoms with van der Waals surface area (Å²) in [5.41, 5.74) is 2.34. The molecule has 0 N–H and O–H groups in total. The van der Waals surface area contributed by atoms with Crippen LogP contribution in [0.1, 0.15) is 18.4 Å². The lowest BCUT2D eigenvalue weighted by Gasteiger charge is -2.01. The second kappa shape index (κ2) is 4.11. The summed E-state index contributed by atoms with van der Waals surface area (Å²) in [6.07, 6.45) is 0.310. The van der Waals surface area contributed by atoms with Gasteiger partial charge in [-0.25, -0.2) is 9.97 Å². The minimum Gasteiger partial charge on any atom is -0.232 e. The molecule has 0 saturated carbocycles. The van der Waals surface area contributed by atoms with Crippen LogP contribution in [0, 0.1) is 11.3 Å². The zero-order valence-corrected chi connectivity index (χ0v) is 8.57. The molecule has 0 saturated heterocycles. The zero-order valence-electron chi connectivity index (χ0n) is 7.41. The van der Waals surface area contributed by atoms with Crippen LogP contribution in [-0.2, 0) is 6.42 Å². The van der Waals surface area contributed by atoms with Crippen LogP contribution in [0.2, 0.25) is 0 Å². The normalized spacial score (nSPS) is 9.31. The van der Waals surface area contributed by atoms with Crippen LogP contribution >= 0.6 is 9.24 Å². The van der Waals surface area contributed by atoms with Gasteiger partial charge in [-0.3, -0.25) is 0 Å². The highest BCUT2D eigenvalue weighted by Gasteiger charge is 2.01. The molecular weight excluding hydrogens is 181 g/mol. The third-order valence-corrected chi connectivity index (χ3v) is 1.74. The second-order valence-electron chi connectivity index (χ2n) is 2.72. The number of nitrogens with zero attached hydrogens (tertiary/aromatic N) is 3. The Morgan fingerprint density at radius 2 is 2.38 bits per heavy atom. The van der Waals surface area contributed by atoms with E-state index in [1.807, 2.05) is 13.0 Å². The fourth-order valence-electron chi connectivity index (χ4n) is 0.881. The Labute approximate surface area is 79.7 Å². The Bertz CT molecular complexity index is 379. The predicted octanol–water partition coefficient (Wildman–Crippen LogP) is 1.08. The molecule has 4 heteroatoms. The summed E-state index contributed by atoms with van der Waals surface area (Å²) in [5, 5.41) is 8.50. The van der Waals surface area contributed by atoms with Crippen molar-refractivity contribution in [3.05, 3.63) is 24.2 Å². The van der Waals surface area contributed by atoms with Gasteiger partial charge in [0.15, 0.2) is 5.82 Å². The van der Waals surface area contributed by atoms with Gasteiger partial charge in [0.1, 0.15) is 0 Å². The first kappa shape index (κ1) is 9.83. The molecule has 0 aliphatic carbocycles. The van der Waals surface area contributed by atoms with E-state index in [1.165, 1.54) is 0 Å². The van der Waals surface area contributed by atoms with E-state index in [9.17, 15) is 0 Å². The molecule has 3 nitrogen and oxygen atoms in total. The molecule has 66 valence electrons. The van der Waals surface area contributed by atoms with Crippen LogP contribution in [0.5, 0.6) is 0 Å². The molecule has 1 rings (SSSR count). The summed E-state index contributed by atoms with van der Waals surface area (Å²) in [6.45, 7) is 5.59. The minimum absolute atomic E-state index is 0.310. The number of hydrogen-bond donors (Lipinski definition) is 0. The van der Waals surface area contributed by atoms with Crippen LogP contribution < -0.4 is 5.44 Å². The molecule has 0 aliphatic rings. The van der Waals surface area contributed by atoms with Crippen LogP contribution in [0.4, 0.5) is 0 Å². The second-order valence-corrected chi connectivity index (χ2v) is 3.31. The van der Waals surface area contributed by atoms with Gasteiger partial charge in [0.25, 0.3) is 0 Å². The maximum absolute atomic E-state index is 8.50. The van der Waals surface area contributed by atoms with Crippen LogP contribution in [0.25, 0.3) is 5.57 Å². The van der Waals surface area contributed by atoms with Gasteiger partial charge in [-0.2, -0.15) is 5.26 Å². The van der Waals surface area contributed by atoms with Gasteiger partial charge in [-0.1, -0.05) is 15.8 Å². The van der Waals surface area contributed by atoms with E-state index in [2.05, 4.69) is 25.8 Å². The van der Waals surface area contributed by atoms with Gasteiger partial charge in [0.05, 0.1) is 23.6 Å². The van der Waals surface area contributed by atoms with Crippen molar-refractivity contribution in [2.75, 3.05) is 0 Å². The molecule has 13 heavy (non-hydrogen) atoms. The molecule has 0 fully saturated rings. The van der Waals surface area contributed by atoms with E-state index >= 15 is 0 Å². The first-order valence-corrected chi connectivity index (χ1v) is 4.37. The highest BCUT2D eigenvalue weighted by Crippen LogP contribution is 2.05. The van der Waals surface area contributed by atoms with Crippen molar-refractivity contribution >= 4 is 20.2 Å². The standard InChI is InChI=1S/C9H10N3P/c1-6(2)9-11-7(3-4-10)5-8(13)12-9/h5H,1,3,13H2,2H3. The smallest absolute Gasteiger partial charge is 0.155 e. The predicted molar refractivity (Wildman–Crippen MR) is 55.4 cm³/mol. The van der Waals surface area contributed by atoms with Crippen LogP contribution in [-0.4, -0.2) is 9.97 Å². The van der Waals surface area contributed by atoms with Gasteiger partial charge in [-0.05, 0) is 18.6 Å². The molecule has 0 aromatic carbocycles. The maximum atomic E-state index is 8.50. The summed E-state index contributed by atoms with van der Waals surface area (Å²) < 4.78 is 0. The monoisotopic (exact) mass is 191 g/mol. The molecule has 0 radical (unpaired) electrons. The summed E-state index contributed by atoms with van der Waals surface area (Å²) in [5.74, 6) is 0.609. The maximum Gasteiger partial charge on any atom is 0.155 e. The van der Waals surface area contributed by atoms with E-state index in [0.29, 0.717) is 12.2 Å². The molecule has 0 aliphatic heterocycles. The van der Waals surface area contributed by atoms with E-state index < -0.39 is 0 Å². The Balaban J connectivity index is 3.12. The lowest BCUT2D eigenvalue weighted by Crippen LogP contribution is -2.07. The summed E-state index contributed by atoms with van der Waals surface area (Å²) in [4.78, 5) is 8.33. The van der Waals surface area contributed by atoms with Crippen LogP contribution in [0.15, 0.2) is 12.6 Å². The lowest BCUT2D eigenvalue weighted by molar-refractivity contribution is 1.04. The van der Waals surface area contributed by atoms with Crippen molar-refractivity contribution in [3.63, 3.8) is 0 Å². The van der Waals surface area contributed by atoms with Crippen molar-refractivity contribution in [1.82, 2.24) is 9.97 Å². The first-order valence-electron chi connectivity index (χ1n) is 3.79. The largest absolute Gasteiger partial charge is 0.232 e. The Hall–Kier alpha value is -1.26. The molecule has 1 unspecified atom stereocenters. The van der Waals surface area contributed by atoms with Gasteiger partial charge in [0, 0.05) is 0 Å². The number of allylic oxidation sites excluding steroid dienone is 1. The average molecular weight is 191 g/mol. The van der Waals surface area contributed by atoms with Gasteiger partial charge in [0.2, 0.25) is 0 Å². The third kappa shape index (κ3) is 2.61. The number of aromatic nitrogens is 2. The first-order chi connectivity index (χ1) is 6.13. The van der Waals surface area contributed by atoms with Crippen molar-refractivity contribution < 1.29 is 0 Å². The zero-order chi connectivity index (χ0) is 9.84. The van der Waals surface area contributed by atoms with Crippen molar-refractivity contribution in [1.29, 1.82) is 5.26 Å². The average Bonchev–Trinajstić information content (AvgIpc) is 2.03. The molecule has 1 aromatic heterocycles. The Morgan fingerprint density at radius 3 is 2.92 bits per heavy atom. The quantitative estimate of drug-likeness (QED) is 0.657. The molecular formula is C9H10N3P. The van der Waals surface area contributed by atoms with Crippen molar-refractivity contribution in [2.24, 2.45) is 0 Å². The molecule has 1 aromatic rings. The summed E-state index contributed by atoms with van der Waals surface area (Å²) >= 11 is 0. The molecule has 1 heterocycles. The number of rotatable bonds is 2. The third-order valence-electron chi connectivity index (χ3n) is 1.44. The minimum atomic E-state index is 0.310. The van der Waals surface area contributed by atoms with E-state index in [4.69, 9.17) is 5.26 Å². The fraction of sp³-hybridized carbons (Fsp3) is 0.222. The fourth-order valence-corrected chi connectivity index (χ4v) is 1.20. The number of hydrogen-bond acceptors (Lipinski definition) is 3. The van der Waals surface area contributed by atoms with Crippen molar-refractivity contribution in [2.45, 2.75) is 13.3 Å². The molecule has 0 amide bonds. The highest BCUT2D eigenvalue weighted by molar-refractivity contribution is 7.26. The van der Waals surface area contributed by atoms with E-state index in [1.54, 1.807) is 6.07 Å². The SMILES string of the molecule is C=C(C)c1nc(P)cc(CC#N)n1. The summed E-state index contributed by atoms with van der Waals surface area (Å²) in [7, 11) is 2.49. The molecule has 1 atom stereocenters. The van der Waals surface area contributed by atoms with E-state index in [0.717, 1.165) is 16.7 Å². The van der Waals surface area contributed by atoms with E-state index in [-0.39, 0.29) is 0 Å². The molecule has 0 spiro atoms. The Kier molecular flexibility index (Phi) is 3.11. The summed E-state index contributed by atoms with van der Waals surface area (Å²) in [6, 6.07) is 3.83. The molecule has 0 bridgehead atoms. The highest BCUT2D eigenvalue weighted by atomic mass is 31.0. The van der Waals surface area contributed by atoms with Gasteiger partial charge in [-0.15, -0.1) is 0 Å². The van der Waals surface area contributed by atoms with Gasteiger partial charge >= 0.3 is 0 Å².